The summed E-state index contributed by atoms with van der Waals surface area (Å²) < 4.78 is 11.4. The third kappa shape index (κ3) is 7.62. The zero-order valence-electron chi connectivity index (χ0n) is 16.4. The lowest BCUT2D eigenvalue weighted by Crippen LogP contribution is -2.41. The molecule has 0 radical (unpaired) electrons. The van der Waals surface area contributed by atoms with E-state index in [9.17, 15) is 0 Å². The smallest absolute Gasteiger partial charge is 0.219 e. The average Bonchev–Trinajstić information content (AvgIpc) is 2.67. The molecule has 1 heterocycles. The van der Waals surface area contributed by atoms with Gasteiger partial charge in [-0.25, -0.2) is 4.98 Å². The first-order valence-corrected chi connectivity index (χ1v) is 8.98. The van der Waals surface area contributed by atoms with Gasteiger partial charge in [0, 0.05) is 31.9 Å². The summed E-state index contributed by atoms with van der Waals surface area (Å²) >= 11 is 0. The van der Waals surface area contributed by atoms with Gasteiger partial charge in [0.1, 0.15) is 0 Å². The summed E-state index contributed by atoms with van der Waals surface area (Å²) in [4.78, 5) is 8.61. The molecule has 0 bridgehead atoms. The first-order chi connectivity index (χ1) is 12.7. The van der Waals surface area contributed by atoms with Crippen molar-refractivity contribution in [2.45, 2.75) is 39.8 Å². The lowest BCUT2D eigenvalue weighted by molar-refractivity contribution is 0.319. The van der Waals surface area contributed by atoms with E-state index in [1.807, 2.05) is 43.3 Å². The van der Waals surface area contributed by atoms with Crippen LogP contribution >= 0.6 is 24.0 Å². The molecule has 27 heavy (non-hydrogen) atoms. The Bertz CT molecular complexity index is 707. The molecule has 1 atom stereocenters. The molecule has 0 saturated carbocycles. The minimum Gasteiger partial charge on any atom is -0.490 e. The molecule has 0 aliphatic rings. The summed E-state index contributed by atoms with van der Waals surface area (Å²) in [5.74, 6) is 2.68. The van der Waals surface area contributed by atoms with E-state index >= 15 is 0 Å². The second-order valence-corrected chi connectivity index (χ2v) is 5.87. The highest BCUT2D eigenvalue weighted by Gasteiger charge is 2.07. The van der Waals surface area contributed by atoms with Crippen molar-refractivity contribution >= 4 is 29.9 Å². The maximum Gasteiger partial charge on any atom is 0.219 e. The number of aromatic nitrogens is 1. The fraction of sp³-hybridized carbons (Fsp3) is 0.400. The van der Waals surface area contributed by atoms with Gasteiger partial charge in [0.25, 0.3) is 0 Å². The van der Waals surface area contributed by atoms with Gasteiger partial charge in [-0.05, 0) is 38.0 Å². The second-order valence-electron chi connectivity index (χ2n) is 5.87. The standard InChI is InChI=1S/C20H28N4O2.HI/c1-5-15(3)24-20(21-4)23-14-16-11-12-19(22-13-16)26-18-10-8-7-9-17(18)25-6-2;/h7-13,15H,5-6,14H2,1-4H3,(H2,21,23,24);1H. The average molecular weight is 484 g/mol. The van der Waals surface area contributed by atoms with E-state index in [0.717, 1.165) is 17.9 Å². The topological polar surface area (TPSA) is 67.8 Å². The molecule has 2 N–H and O–H groups in total. The number of benzene rings is 1. The molecule has 1 unspecified atom stereocenters. The minimum atomic E-state index is 0. The number of pyridine rings is 1. The van der Waals surface area contributed by atoms with Crippen molar-refractivity contribution < 1.29 is 9.47 Å². The van der Waals surface area contributed by atoms with Crippen LogP contribution in [0.5, 0.6) is 17.4 Å². The van der Waals surface area contributed by atoms with Gasteiger partial charge >= 0.3 is 0 Å². The van der Waals surface area contributed by atoms with Crippen molar-refractivity contribution in [3.63, 3.8) is 0 Å². The van der Waals surface area contributed by atoms with Crippen molar-refractivity contribution in [2.24, 2.45) is 4.99 Å². The highest BCUT2D eigenvalue weighted by Crippen LogP contribution is 2.30. The molecular weight excluding hydrogens is 455 g/mol. The van der Waals surface area contributed by atoms with Crippen molar-refractivity contribution in [3.8, 4) is 17.4 Å². The fourth-order valence-electron chi connectivity index (χ4n) is 2.21. The first-order valence-electron chi connectivity index (χ1n) is 8.98. The molecule has 0 aliphatic carbocycles. The van der Waals surface area contributed by atoms with Crippen LogP contribution in [-0.2, 0) is 6.54 Å². The lowest BCUT2D eigenvalue weighted by atomic mass is 10.2. The van der Waals surface area contributed by atoms with Gasteiger partial charge < -0.3 is 20.1 Å². The molecule has 0 aliphatic heterocycles. The molecular formula is C20H29IN4O2. The molecule has 0 amide bonds. The second kappa shape index (κ2) is 12.4. The summed E-state index contributed by atoms with van der Waals surface area (Å²) in [7, 11) is 1.77. The SMILES string of the molecule is CCOc1ccccc1Oc1ccc(CNC(=NC)NC(C)CC)cn1.I. The molecule has 6 nitrogen and oxygen atoms in total. The number of aliphatic imine (C=N–C) groups is 1. The number of nitrogens with zero attached hydrogens (tertiary/aromatic N) is 2. The number of hydrogen-bond donors (Lipinski definition) is 2. The van der Waals surface area contributed by atoms with Crippen LogP contribution in [0.1, 0.15) is 32.8 Å². The minimum absolute atomic E-state index is 0. The van der Waals surface area contributed by atoms with Crippen molar-refractivity contribution in [2.75, 3.05) is 13.7 Å². The maximum atomic E-state index is 5.84. The molecule has 1 aromatic carbocycles. The molecule has 148 valence electrons. The Kier molecular flexibility index (Phi) is 10.5. The van der Waals surface area contributed by atoms with E-state index in [1.165, 1.54) is 0 Å². The highest BCUT2D eigenvalue weighted by molar-refractivity contribution is 14.0. The Morgan fingerprint density at radius 3 is 2.48 bits per heavy atom. The summed E-state index contributed by atoms with van der Waals surface area (Å²) in [6.07, 6.45) is 2.83. The normalized spacial score (nSPS) is 11.9. The number of guanidine groups is 1. The third-order valence-electron chi connectivity index (χ3n) is 3.84. The summed E-state index contributed by atoms with van der Waals surface area (Å²) in [5, 5.41) is 6.61. The third-order valence-corrected chi connectivity index (χ3v) is 3.84. The van der Waals surface area contributed by atoms with Gasteiger partial charge in [-0.15, -0.1) is 24.0 Å². The van der Waals surface area contributed by atoms with E-state index in [1.54, 1.807) is 13.2 Å². The number of halogens is 1. The Morgan fingerprint density at radius 1 is 1.15 bits per heavy atom. The predicted octanol–water partition coefficient (Wildman–Crippen LogP) is 4.35. The van der Waals surface area contributed by atoms with Gasteiger partial charge in [0.05, 0.1) is 6.61 Å². The summed E-state index contributed by atoms with van der Waals surface area (Å²) in [5.41, 5.74) is 1.04. The largest absolute Gasteiger partial charge is 0.490 e. The summed E-state index contributed by atoms with van der Waals surface area (Å²) in [6, 6.07) is 11.8. The van der Waals surface area contributed by atoms with Gasteiger partial charge in [0.15, 0.2) is 17.5 Å². The maximum absolute atomic E-state index is 5.84. The first kappa shape index (κ1) is 23.0. The van der Waals surface area contributed by atoms with Gasteiger partial charge in [-0.3, -0.25) is 4.99 Å². The predicted molar refractivity (Wildman–Crippen MR) is 120 cm³/mol. The molecule has 0 saturated heterocycles. The van der Waals surface area contributed by atoms with Crippen LogP contribution < -0.4 is 20.1 Å². The Labute approximate surface area is 178 Å². The van der Waals surface area contributed by atoms with Crippen LogP contribution in [0, 0.1) is 0 Å². The van der Waals surface area contributed by atoms with Crippen LogP contribution in [0.4, 0.5) is 0 Å². The van der Waals surface area contributed by atoms with Crippen LogP contribution in [0.3, 0.4) is 0 Å². The van der Waals surface area contributed by atoms with E-state index in [-0.39, 0.29) is 24.0 Å². The highest BCUT2D eigenvalue weighted by atomic mass is 127. The number of rotatable bonds is 8. The zero-order chi connectivity index (χ0) is 18.8. The van der Waals surface area contributed by atoms with Gasteiger partial charge in [0.2, 0.25) is 5.88 Å². The molecule has 1 aromatic heterocycles. The number of ether oxygens (including phenoxy) is 2. The molecule has 0 fully saturated rings. The summed E-state index contributed by atoms with van der Waals surface area (Å²) in [6.45, 7) is 7.43. The van der Waals surface area contributed by atoms with Crippen LogP contribution in [-0.4, -0.2) is 30.6 Å². The molecule has 2 aromatic rings. The molecule has 0 spiro atoms. The molecule has 2 rings (SSSR count). The zero-order valence-corrected chi connectivity index (χ0v) is 18.7. The van der Waals surface area contributed by atoms with Gasteiger partial charge in [-0.1, -0.05) is 25.1 Å². The van der Waals surface area contributed by atoms with E-state index < -0.39 is 0 Å². The Hall–Kier alpha value is -2.03. The van der Waals surface area contributed by atoms with Crippen LogP contribution in [0.15, 0.2) is 47.6 Å². The van der Waals surface area contributed by atoms with Gasteiger partial charge in [-0.2, -0.15) is 0 Å². The number of nitrogens with one attached hydrogen (secondary N) is 2. The number of para-hydroxylation sites is 2. The Morgan fingerprint density at radius 2 is 1.89 bits per heavy atom. The van der Waals surface area contributed by atoms with Crippen molar-refractivity contribution in [3.05, 3.63) is 48.2 Å². The lowest BCUT2D eigenvalue weighted by Gasteiger charge is -2.16. The van der Waals surface area contributed by atoms with E-state index in [0.29, 0.717) is 36.6 Å². The molecule has 7 heteroatoms. The monoisotopic (exact) mass is 484 g/mol. The Balaban J connectivity index is 0.00000364. The van der Waals surface area contributed by atoms with Crippen molar-refractivity contribution in [1.29, 1.82) is 0 Å². The van der Waals surface area contributed by atoms with Crippen LogP contribution in [0.25, 0.3) is 0 Å². The van der Waals surface area contributed by atoms with E-state index in [2.05, 4.69) is 34.5 Å². The number of hydrogen-bond acceptors (Lipinski definition) is 4. The van der Waals surface area contributed by atoms with E-state index in [4.69, 9.17) is 9.47 Å². The fourth-order valence-corrected chi connectivity index (χ4v) is 2.21. The quantitative estimate of drug-likeness (QED) is 0.331. The van der Waals surface area contributed by atoms with Crippen LogP contribution in [0.2, 0.25) is 0 Å². The van der Waals surface area contributed by atoms with Crippen molar-refractivity contribution in [1.82, 2.24) is 15.6 Å².